The van der Waals surface area contributed by atoms with Gasteiger partial charge in [0, 0.05) is 6.42 Å². The molecule has 26 heavy (non-hydrogen) atoms. The summed E-state index contributed by atoms with van der Waals surface area (Å²) in [6, 6.07) is 0. The van der Waals surface area contributed by atoms with E-state index in [0.29, 0.717) is 18.9 Å². The van der Waals surface area contributed by atoms with Gasteiger partial charge in [-0.25, -0.2) is 0 Å². The van der Waals surface area contributed by atoms with E-state index >= 15 is 0 Å². The summed E-state index contributed by atoms with van der Waals surface area (Å²) in [6.07, 6.45) is 19.1. The van der Waals surface area contributed by atoms with Crippen molar-refractivity contribution in [3.63, 3.8) is 0 Å². The van der Waals surface area contributed by atoms with Gasteiger partial charge in [0.15, 0.2) is 0 Å². The van der Waals surface area contributed by atoms with Crippen molar-refractivity contribution >= 4 is 5.97 Å². The largest absolute Gasteiger partial charge is 0.466 e. The molecule has 0 bridgehead atoms. The molecule has 0 aromatic carbocycles. The molecule has 0 aromatic rings. The average Bonchev–Trinajstić information content (AvgIpc) is 2.60. The second-order valence-corrected chi connectivity index (χ2v) is 7.92. The van der Waals surface area contributed by atoms with Crippen molar-refractivity contribution in [1.29, 1.82) is 0 Å². The van der Waals surface area contributed by atoms with Gasteiger partial charge in [-0.1, -0.05) is 77.9 Å². The molecule has 0 rings (SSSR count). The van der Waals surface area contributed by atoms with Crippen LogP contribution in [0, 0.1) is 5.92 Å². The summed E-state index contributed by atoms with van der Waals surface area (Å²) < 4.78 is 5.21. The fourth-order valence-corrected chi connectivity index (χ4v) is 2.84. The predicted molar refractivity (Wildman–Crippen MR) is 111 cm³/mol. The van der Waals surface area contributed by atoms with E-state index in [0.717, 1.165) is 44.9 Å². The Morgan fingerprint density at radius 2 is 1.62 bits per heavy atom. The maximum Gasteiger partial charge on any atom is 0.305 e. The van der Waals surface area contributed by atoms with Crippen molar-refractivity contribution in [3.8, 4) is 0 Å². The van der Waals surface area contributed by atoms with Crippen LogP contribution in [0.5, 0.6) is 0 Å². The Kier molecular flexibility index (Phi) is 18.3. The summed E-state index contributed by atoms with van der Waals surface area (Å²) in [6.45, 7) is 7.05. The number of aliphatic hydroxyl groups is 1. The maximum atomic E-state index is 11.5. The van der Waals surface area contributed by atoms with Gasteiger partial charge in [-0.15, -0.1) is 0 Å². The Morgan fingerprint density at radius 3 is 2.35 bits per heavy atom. The Balaban J connectivity index is 3.33. The number of hydrogen-bond donors (Lipinski definition) is 1. The van der Waals surface area contributed by atoms with Gasteiger partial charge < -0.3 is 9.84 Å². The number of hydrogen-bond acceptors (Lipinski definition) is 3. The van der Waals surface area contributed by atoms with Crippen LogP contribution >= 0.6 is 0 Å². The molecule has 0 aliphatic carbocycles. The highest BCUT2D eigenvalue weighted by atomic mass is 16.5. The second kappa shape index (κ2) is 18.9. The highest BCUT2D eigenvalue weighted by Crippen LogP contribution is 2.11. The molecule has 0 unspecified atom stereocenters. The third-order valence-electron chi connectivity index (χ3n) is 4.68. The topological polar surface area (TPSA) is 46.5 Å². The van der Waals surface area contributed by atoms with Gasteiger partial charge in [0.2, 0.25) is 0 Å². The number of carbonyl (C=O) groups is 1. The smallest absolute Gasteiger partial charge is 0.305 e. The van der Waals surface area contributed by atoms with Crippen LogP contribution in [0.2, 0.25) is 0 Å². The Labute approximate surface area is 162 Å². The lowest BCUT2D eigenvalue weighted by Crippen LogP contribution is -2.07. The van der Waals surface area contributed by atoms with E-state index in [1.165, 1.54) is 38.5 Å². The lowest BCUT2D eigenvalue weighted by Gasteiger charge is -2.07. The van der Waals surface area contributed by atoms with Gasteiger partial charge in [0.25, 0.3) is 0 Å². The highest BCUT2D eigenvalue weighted by Gasteiger charge is 2.03. The zero-order chi connectivity index (χ0) is 19.5. The molecular weight excluding hydrogens is 324 g/mol. The third kappa shape index (κ3) is 19.5. The van der Waals surface area contributed by atoms with Crippen LogP contribution in [0.15, 0.2) is 12.2 Å². The van der Waals surface area contributed by atoms with Gasteiger partial charge in [0.1, 0.15) is 0 Å². The fourth-order valence-electron chi connectivity index (χ4n) is 2.84. The van der Waals surface area contributed by atoms with Crippen LogP contribution in [0.1, 0.15) is 111 Å². The van der Waals surface area contributed by atoms with Crippen molar-refractivity contribution in [2.45, 2.75) is 117 Å². The summed E-state index contributed by atoms with van der Waals surface area (Å²) in [5.74, 6) is 0.549. The highest BCUT2D eigenvalue weighted by molar-refractivity contribution is 5.69. The summed E-state index contributed by atoms with van der Waals surface area (Å²) in [4.78, 5) is 11.5. The van der Waals surface area contributed by atoms with Crippen LogP contribution in [-0.4, -0.2) is 23.8 Å². The van der Waals surface area contributed by atoms with Crippen molar-refractivity contribution in [2.24, 2.45) is 5.92 Å². The molecule has 0 aliphatic rings. The van der Waals surface area contributed by atoms with Crippen LogP contribution in [0.3, 0.4) is 0 Å². The zero-order valence-electron chi connectivity index (χ0n) is 17.7. The molecule has 0 aromatic heterocycles. The van der Waals surface area contributed by atoms with E-state index in [9.17, 15) is 9.90 Å². The molecule has 154 valence electrons. The summed E-state index contributed by atoms with van der Waals surface area (Å²) in [5.41, 5.74) is 0. The fraction of sp³-hybridized carbons (Fsp3) is 0.870. The van der Waals surface area contributed by atoms with Crippen LogP contribution < -0.4 is 0 Å². The Morgan fingerprint density at radius 1 is 0.923 bits per heavy atom. The molecule has 0 aliphatic heterocycles. The summed E-state index contributed by atoms with van der Waals surface area (Å²) in [7, 11) is 0. The van der Waals surface area contributed by atoms with E-state index in [-0.39, 0.29) is 12.1 Å². The molecule has 3 heteroatoms. The number of ether oxygens (including phenoxy) is 1. The van der Waals surface area contributed by atoms with Gasteiger partial charge in [0.05, 0.1) is 12.7 Å². The molecule has 0 spiro atoms. The number of unbranched alkanes of at least 4 members (excludes halogenated alkanes) is 8. The molecule has 3 nitrogen and oxygen atoms in total. The van der Waals surface area contributed by atoms with Gasteiger partial charge >= 0.3 is 5.97 Å². The zero-order valence-corrected chi connectivity index (χ0v) is 17.7. The van der Waals surface area contributed by atoms with Crippen LogP contribution in [0.25, 0.3) is 0 Å². The quantitative estimate of drug-likeness (QED) is 0.169. The van der Waals surface area contributed by atoms with E-state index in [1.54, 1.807) is 0 Å². The van der Waals surface area contributed by atoms with Gasteiger partial charge in [-0.05, 0) is 44.4 Å². The Bertz CT molecular complexity index is 336. The van der Waals surface area contributed by atoms with E-state index < -0.39 is 0 Å². The minimum atomic E-state index is -0.164. The normalized spacial score (nSPS) is 12.8. The van der Waals surface area contributed by atoms with Crippen molar-refractivity contribution in [2.75, 3.05) is 6.61 Å². The number of carbonyl (C=O) groups excluding carboxylic acids is 1. The molecule has 1 N–H and O–H groups in total. The monoisotopic (exact) mass is 368 g/mol. The molecule has 1 atom stereocenters. The first-order valence-electron chi connectivity index (χ1n) is 11.0. The Hall–Kier alpha value is -0.830. The number of allylic oxidation sites excluding steroid dienone is 1. The number of aliphatic hydroxyl groups excluding tert-OH is 1. The van der Waals surface area contributed by atoms with Crippen LogP contribution in [-0.2, 0) is 9.53 Å². The SMILES string of the molecule is CCCCCC[C@@H](O)CC=CCCCCCCCC(=O)OCCC(C)C. The van der Waals surface area contributed by atoms with Crippen molar-refractivity contribution < 1.29 is 14.6 Å². The first kappa shape index (κ1) is 25.2. The molecule has 0 fully saturated rings. The molecule has 0 radical (unpaired) electrons. The molecule has 0 saturated carbocycles. The van der Waals surface area contributed by atoms with Gasteiger partial charge in [-0.2, -0.15) is 0 Å². The lowest BCUT2D eigenvalue weighted by molar-refractivity contribution is -0.144. The maximum absolute atomic E-state index is 11.5. The van der Waals surface area contributed by atoms with Crippen molar-refractivity contribution in [3.05, 3.63) is 12.2 Å². The molecule has 0 heterocycles. The number of rotatable bonds is 18. The summed E-state index contributed by atoms with van der Waals surface area (Å²) >= 11 is 0. The standard InChI is InChI=1S/C23H44O3/c1-4-5-6-13-16-22(24)17-14-11-9-7-8-10-12-15-18-23(25)26-20-19-21(2)3/h11,14,21-22,24H,4-10,12-13,15-20H2,1-3H3/t22-/m1/s1. The second-order valence-electron chi connectivity index (χ2n) is 7.92. The minimum absolute atomic E-state index is 0.0400. The number of esters is 1. The van der Waals surface area contributed by atoms with E-state index in [4.69, 9.17) is 4.74 Å². The minimum Gasteiger partial charge on any atom is -0.466 e. The lowest BCUT2D eigenvalue weighted by atomic mass is 10.1. The molecule has 0 saturated heterocycles. The first-order valence-corrected chi connectivity index (χ1v) is 11.0. The van der Waals surface area contributed by atoms with Crippen molar-refractivity contribution in [1.82, 2.24) is 0 Å². The average molecular weight is 369 g/mol. The molecule has 0 amide bonds. The van der Waals surface area contributed by atoms with Crippen LogP contribution in [0.4, 0.5) is 0 Å². The van der Waals surface area contributed by atoms with E-state index in [2.05, 4.69) is 32.9 Å². The molecular formula is C23H44O3. The first-order chi connectivity index (χ1) is 12.6. The third-order valence-corrected chi connectivity index (χ3v) is 4.68. The predicted octanol–water partition coefficient (Wildman–Crippen LogP) is 6.58. The summed E-state index contributed by atoms with van der Waals surface area (Å²) in [5, 5.41) is 9.89. The van der Waals surface area contributed by atoms with E-state index in [1.807, 2.05) is 0 Å². The van der Waals surface area contributed by atoms with Gasteiger partial charge in [-0.3, -0.25) is 4.79 Å².